The van der Waals surface area contributed by atoms with Gasteiger partial charge in [-0.2, -0.15) is 0 Å². The Bertz CT molecular complexity index is 369. The summed E-state index contributed by atoms with van der Waals surface area (Å²) in [4.78, 5) is 12.0. The van der Waals surface area contributed by atoms with Crippen molar-refractivity contribution >= 4 is 11.5 Å². The normalized spacial score (nSPS) is 12.3. The number of carbonyl (C=O) groups is 1. The van der Waals surface area contributed by atoms with E-state index in [1.807, 2.05) is 24.3 Å². The van der Waals surface area contributed by atoms with Gasteiger partial charge in [0, 0.05) is 18.5 Å². The van der Waals surface area contributed by atoms with Crippen LogP contribution in [0.3, 0.4) is 0 Å². The van der Waals surface area contributed by atoms with Crippen molar-refractivity contribution in [2.75, 3.05) is 5.73 Å². The molecule has 19 heavy (non-hydrogen) atoms. The third-order valence-electron chi connectivity index (χ3n) is 3.73. The summed E-state index contributed by atoms with van der Waals surface area (Å²) in [6, 6.07) is 7.82. The number of hydrogen-bond acceptors (Lipinski definition) is 2. The largest absolute Gasteiger partial charge is 0.399 e. The van der Waals surface area contributed by atoms with Gasteiger partial charge >= 0.3 is 0 Å². The summed E-state index contributed by atoms with van der Waals surface area (Å²) < 4.78 is 0. The molecule has 1 atom stereocenters. The fourth-order valence-electron chi connectivity index (χ4n) is 2.34. The molecule has 0 aliphatic carbocycles. The molecule has 1 aromatic carbocycles. The molecule has 0 saturated heterocycles. The van der Waals surface area contributed by atoms with Gasteiger partial charge in [0.1, 0.15) is 5.78 Å². The van der Waals surface area contributed by atoms with Crippen molar-refractivity contribution in [3.8, 4) is 0 Å². The zero-order valence-corrected chi connectivity index (χ0v) is 12.3. The van der Waals surface area contributed by atoms with Crippen LogP contribution in [0.1, 0.15) is 57.9 Å². The van der Waals surface area contributed by atoms with Crippen LogP contribution in [-0.2, 0) is 11.2 Å². The first-order valence-corrected chi connectivity index (χ1v) is 7.51. The van der Waals surface area contributed by atoms with Crippen LogP contribution in [0.2, 0.25) is 0 Å². The first kappa shape index (κ1) is 15.7. The van der Waals surface area contributed by atoms with E-state index in [0.29, 0.717) is 18.1 Å². The number of hydrogen-bond donors (Lipinski definition) is 1. The van der Waals surface area contributed by atoms with Gasteiger partial charge in [-0.3, -0.25) is 4.79 Å². The van der Waals surface area contributed by atoms with Crippen molar-refractivity contribution in [1.82, 2.24) is 0 Å². The smallest absolute Gasteiger partial charge is 0.133 e. The lowest BCUT2D eigenvalue weighted by Gasteiger charge is -2.13. The van der Waals surface area contributed by atoms with Gasteiger partial charge in [0.15, 0.2) is 0 Å². The van der Waals surface area contributed by atoms with Gasteiger partial charge in [0.2, 0.25) is 0 Å². The van der Waals surface area contributed by atoms with Crippen LogP contribution in [0.25, 0.3) is 0 Å². The molecule has 0 bridgehead atoms. The molecule has 106 valence electrons. The monoisotopic (exact) mass is 261 g/mol. The number of nitrogens with two attached hydrogens (primary N) is 1. The molecule has 0 aromatic heterocycles. The summed E-state index contributed by atoms with van der Waals surface area (Å²) in [5.74, 6) is 0.985. The van der Waals surface area contributed by atoms with E-state index in [4.69, 9.17) is 5.73 Å². The standard InChI is InChI=1S/C17H27NO/c1-3-5-6-14(4-2)13-17(19)12-9-15-7-10-16(18)11-8-15/h7-8,10-11,14H,3-6,9,12-13,18H2,1-2H3. The quantitative estimate of drug-likeness (QED) is 0.670. The lowest BCUT2D eigenvalue weighted by atomic mass is 9.92. The van der Waals surface area contributed by atoms with Crippen LogP contribution in [0.15, 0.2) is 24.3 Å². The summed E-state index contributed by atoms with van der Waals surface area (Å²) in [6.07, 6.45) is 7.02. The number of benzene rings is 1. The average molecular weight is 261 g/mol. The fourth-order valence-corrected chi connectivity index (χ4v) is 2.34. The first-order chi connectivity index (χ1) is 9.15. The molecule has 1 aromatic rings. The Labute approximate surface area is 117 Å². The maximum atomic E-state index is 12.0. The SMILES string of the molecule is CCCCC(CC)CC(=O)CCc1ccc(N)cc1. The lowest BCUT2D eigenvalue weighted by Crippen LogP contribution is -2.09. The number of anilines is 1. The Hall–Kier alpha value is -1.31. The average Bonchev–Trinajstić information content (AvgIpc) is 2.42. The van der Waals surface area contributed by atoms with E-state index < -0.39 is 0 Å². The van der Waals surface area contributed by atoms with Crippen LogP contribution >= 0.6 is 0 Å². The van der Waals surface area contributed by atoms with Crippen LogP contribution in [-0.4, -0.2) is 5.78 Å². The summed E-state index contributed by atoms with van der Waals surface area (Å²) in [6.45, 7) is 4.39. The van der Waals surface area contributed by atoms with E-state index in [2.05, 4.69) is 13.8 Å². The Morgan fingerprint density at radius 2 is 1.89 bits per heavy atom. The Morgan fingerprint density at radius 3 is 2.47 bits per heavy atom. The predicted octanol–water partition coefficient (Wildman–Crippen LogP) is 4.38. The Balaban J connectivity index is 2.32. The highest BCUT2D eigenvalue weighted by molar-refractivity contribution is 5.78. The molecule has 0 aliphatic heterocycles. The number of aryl methyl sites for hydroxylation is 1. The zero-order chi connectivity index (χ0) is 14.1. The molecule has 0 fully saturated rings. The van der Waals surface area contributed by atoms with Crippen LogP contribution in [0.4, 0.5) is 5.69 Å². The fraction of sp³-hybridized carbons (Fsp3) is 0.588. The maximum Gasteiger partial charge on any atom is 0.133 e. The third kappa shape index (κ3) is 6.42. The summed E-state index contributed by atoms with van der Waals surface area (Å²) in [5, 5.41) is 0. The van der Waals surface area contributed by atoms with Crippen LogP contribution in [0.5, 0.6) is 0 Å². The molecular formula is C17H27NO. The predicted molar refractivity (Wildman–Crippen MR) is 82.1 cm³/mol. The topological polar surface area (TPSA) is 43.1 Å². The number of Topliss-reactive ketones (excluding diaryl/α,β-unsaturated/α-hetero) is 1. The van der Waals surface area contributed by atoms with E-state index in [1.54, 1.807) is 0 Å². The molecule has 0 spiro atoms. The second kappa shape index (κ2) is 8.73. The van der Waals surface area contributed by atoms with Gasteiger partial charge in [-0.05, 0) is 30.0 Å². The molecule has 0 amide bonds. The van der Waals surface area contributed by atoms with Gasteiger partial charge in [-0.15, -0.1) is 0 Å². The van der Waals surface area contributed by atoms with Gasteiger partial charge < -0.3 is 5.73 Å². The second-order valence-electron chi connectivity index (χ2n) is 5.40. The van der Waals surface area contributed by atoms with Crippen LogP contribution in [0, 0.1) is 5.92 Å². The summed E-state index contributed by atoms with van der Waals surface area (Å²) >= 11 is 0. The third-order valence-corrected chi connectivity index (χ3v) is 3.73. The molecule has 0 heterocycles. The number of nitrogen functional groups attached to an aromatic ring is 1. The van der Waals surface area contributed by atoms with E-state index in [1.165, 1.54) is 24.8 Å². The van der Waals surface area contributed by atoms with E-state index in [0.717, 1.165) is 24.9 Å². The van der Waals surface area contributed by atoms with Crippen molar-refractivity contribution in [2.24, 2.45) is 5.92 Å². The number of ketones is 1. The molecular weight excluding hydrogens is 234 g/mol. The van der Waals surface area contributed by atoms with Crippen molar-refractivity contribution in [2.45, 2.75) is 58.8 Å². The molecule has 2 N–H and O–H groups in total. The molecule has 1 unspecified atom stereocenters. The van der Waals surface area contributed by atoms with E-state index >= 15 is 0 Å². The summed E-state index contributed by atoms with van der Waals surface area (Å²) in [7, 11) is 0. The minimum Gasteiger partial charge on any atom is -0.399 e. The highest BCUT2D eigenvalue weighted by Gasteiger charge is 2.11. The van der Waals surface area contributed by atoms with Crippen molar-refractivity contribution in [3.05, 3.63) is 29.8 Å². The van der Waals surface area contributed by atoms with Crippen LogP contribution < -0.4 is 5.73 Å². The van der Waals surface area contributed by atoms with Crippen molar-refractivity contribution in [1.29, 1.82) is 0 Å². The maximum absolute atomic E-state index is 12.0. The molecule has 0 radical (unpaired) electrons. The number of carbonyl (C=O) groups excluding carboxylic acids is 1. The van der Waals surface area contributed by atoms with Gasteiger partial charge in [-0.25, -0.2) is 0 Å². The molecule has 1 rings (SSSR count). The lowest BCUT2D eigenvalue weighted by molar-refractivity contribution is -0.120. The van der Waals surface area contributed by atoms with Crippen molar-refractivity contribution in [3.63, 3.8) is 0 Å². The molecule has 0 saturated carbocycles. The minimum atomic E-state index is 0.403. The first-order valence-electron chi connectivity index (χ1n) is 7.51. The molecule has 2 heteroatoms. The highest BCUT2D eigenvalue weighted by atomic mass is 16.1. The Kier molecular flexibility index (Phi) is 7.24. The molecule has 0 aliphatic rings. The minimum absolute atomic E-state index is 0.403. The van der Waals surface area contributed by atoms with Crippen molar-refractivity contribution < 1.29 is 4.79 Å². The summed E-state index contributed by atoms with van der Waals surface area (Å²) in [5.41, 5.74) is 7.62. The zero-order valence-electron chi connectivity index (χ0n) is 12.3. The number of unbranched alkanes of at least 4 members (excludes halogenated alkanes) is 1. The molecule has 2 nitrogen and oxygen atoms in total. The van der Waals surface area contributed by atoms with Gasteiger partial charge in [0.25, 0.3) is 0 Å². The van der Waals surface area contributed by atoms with Gasteiger partial charge in [-0.1, -0.05) is 51.7 Å². The number of rotatable bonds is 9. The van der Waals surface area contributed by atoms with Gasteiger partial charge in [0.05, 0.1) is 0 Å². The van der Waals surface area contributed by atoms with E-state index in [-0.39, 0.29) is 0 Å². The second-order valence-corrected chi connectivity index (χ2v) is 5.40. The van der Waals surface area contributed by atoms with E-state index in [9.17, 15) is 4.79 Å². The highest BCUT2D eigenvalue weighted by Crippen LogP contribution is 2.18. The Morgan fingerprint density at radius 1 is 1.21 bits per heavy atom.